The first-order valence-corrected chi connectivity index (χ1v) is 15.1. The van der Waals surface area contributed by atoms with Gasteiger partial charge in [-0.15, -0.1) is 0 Å². The second-order valence-corrected chi connectivity index (χ2v) is 11.6. The second kappa shape index (κ2) is 16.8. The summed E-state index contributed by atoms with van der Waals surface area (Å²) in [7, 11) is 0. The first kappa shape index (κ1) is 35.4. The van der Waals surface area contributed by atoms with Gasteiger partial charge in [-0.3, -0.25) is 19.4 Å². The Hall–Kier alpha value is -5.11. The maximum Gasteiger partial charge on any atom is 0.326 e. The fraction of sp³-hybridized carbons (Fsp3) is 0.406. The van der Waals surface area contributed by atoms with Crippen molar-refractivity contribution < 1.29 is 29.4 Å². The lowest BCUT2D eigenvalue weighted by molar-refractivity contribution is -0.142. The predicted octanol–water partition coefficient (Wildman–Crippen LogP) is 0.625. The van der Waals surface area contributed by atoms with Gasteiger partial charge in [-0.05, 0) is 54.5 Å². The number of amides is 3. The lowest BCUT2D eigenvalue weighted by Crippen LogP contribution is -2.58. The molecule has 0 aliphatic heterocycles. The van der Waals surface area contributed by atoms with Crippen molar-refractivity contribution >= 4 is 40.6 Å². The third kappa shape index (κ3) is 10.8. The first-order chi connectivity index (χ1) is 21.8. The zero-order valence-corrected chi connectivity index (χ0v) is 26.0. The van der Waals surface area contributed by atoms with Crippen LogP contribution in [0.25, 0.3) is 10.9 Å². The van der Waals surface area contributed by atoms with Gasteiger partial charge in [0.25, 0.3) is 0 Å². The van der Waals surface area contributed by atoms with Gasteiger partial charge in [-0.1, -0.05) is 44.2 Å². The fourth-order valence-electron chi connectivity index (χ4n) is 4.97. The number of aromatic hydroxyl groups is 1. The number of carboxylic acid groups (broad SMARTS) is 1. The van der Waals surface area contributed by atoms with Crippen molar-refractivity contribution in [1.29, 1.82) is 0 Å². The molecule has 0 aliphatic rings. The van der Waals surface area contributed by atoms with E-state index in [1.165, 1.54) is 12.1 Å². The summed E-state index contributed by atoms with van der Waals surface area (Å²) in [6.45, 7) is 4.02. The van der Waals surface area contributed by atoms with Crippen molar-refractivity contribution in [2.24, 2.45) is 28.1 Å². The average Bonchev–Trinajstić information content (AvgIpc) is 3.41. The SMILES string of the molecule is CC(C)CC(NC(=O)C(Cc1c[nH]c2ccccc12)NC(=O)C(N)CCCN=C(N)N)C(=O)NC(Cc1ccc(O)cc1)C(=O)O. The molecule has 0 saturated carbocycles. The molecule has 12 N–H and O–H groups in total. The number of para-hydroxylation sites is 1. The highest BCUT2D eigenvalue weighted by Crippen LogP contribution is 2.20. The van der Waals surface area contributed by atoms with Gasteiger partial charge in [0.05, 0.1) is 6.04 Å². The maximum atomic E-state index is 13.8. The lowest BCUT2D eigenvalue weighted by atomic mass is 9.99. The van der Waals surface area contributed by atoms with Crippen LogP contribution in [0.3, 0.4) is 0 Å². The molecule has 0 spiro atoms. The Morgan fingerprint density at radius 3 is 2.15 bits per heavy atom. The summed E-state index contributed by atoms with van der Waals surface area (Å²) in [5.41, 5.74) is 19.0. The van der Waals surface area contributed by atoms with E-state index in [-0.39, 0.29) is 43.3 Å². The summed E-state index contributed by atoms with van der Waals surface area (Å²) >= 11 is 0. The maximum absolute atomic E-state index is 13.8. The van der Waals surface area contributed by atoms with Crippen LogP contribution < -0.4 is 33.2 Å². The van der Waals surface area contributed by atoms with E-state index in [2.05, 4.69) is 25.9 Å². The number of aromatic nitrogens is 1. The van der Waals surface area contributed by atoms with Crippen LogP contribution in [-0.2, 0) is 32.0 Å². The summed E-state index contributed by atoms with van der Waals surface area (Å²) in [6, 6.07) is 9.06. The molecular formula is C32H44N8O6. The number of benzene rings is 2. The molecule has 248 valence electrons. The largest absolute Gasteiger partial charge is 0.508 e. The zero-order chi connectivity index (χ0) is 33.8. The smallest absolute Gasteiger partial charge is 0.326 e. The first-order valence-electron chi connectivity index (χ1n) is 15.1. The molecule has 0 radical (unpaired) electrons. The van der Waals surface area contributed by atoms with Crippen LogP contribution in [0, 0.1) is 5.92 Å². The van der Waals surface area contributed by atoms with E-state index in [0.717, 1.165) is 16.5 Å². The molecule has 3 aromatic rings. The van der Waals surface area contributed by atoms with Gasteiger partial charge in [0.15, 0.2) is 5.96 Å². The van der Waals surface area contributed by atoms with Gasteiger partial charge >= 0.3 is 5.97 Å². The summed E-state index contributed by atoms with van der Waals surface area (Å²) in [5.74, 6) is -3.20. The number of fused-ring (bicyclic) bond motifs is 1. The van der Waals surface area contributed by atoms with Gasteiger partial charge in [0, 0.05) is 36.5 Å². The number of nitrogens with zero attached hydrogens (tertiary/aromatic N) is 1. The number of H-pyrrole nitrogens is 1. The highest BCUT2D eigenvalue weighted by molar-refractivity contribution is 5.95. The summed E-state index contributed by atoms with van der Waals surface area (Å²) in [6.07, 6.45) is 2.73. The number of rotatable bonds is 17. The number of hydrogen-bond donors (Lipinski definition) is 9. The lowest BCUT2D eigenvalue weighted by Gasteiger charge is -2.26. The van der Waals surface area contributed by atoms with E-state index in [1.807, 2.05) is 38.1 Å². The second-order valence-electron chi connectivity index (χ2n) is 11.6. The Labute approximate surface area is 267 Å². The molecule has 4 unspecified atom stereocenters. The van der Waals surface area contributed by atoms with Crippen LogP contribution >= 0.6 is 0 Å². The van der Waals surface area contributed by atoms with Crippen LogP contribution in [0.15, 0.2) is 59.7 Å². The average molecular weight is 637 g/mol. The molecule has 3 amide bonds. The summed E-state index contributed by atoms with van der Waals surface area (Å²) in [5, 5.41) is 28.3. The third-order valence-electron chi connectivity index (χ3n) is 7.37. The number of aromatic amines is 1. The number of carboxylic acids is 1. The van der Waals surface area contributed by atoms with Crippen LogP contribution in [0.4, 0.5) is 0 Å². The number of carbonyl (C=O) groups is 4. The molecule has 0 bridgehead atoms. The number of nitrogens with one attached hydrogen (secondary N) is 4. The van der Waals surface area contributed by atoms with Gasteiger partial charge in [-0.25, -0.2) is 4.79 Å². The van der Waals surface area contributed by atoms with E-state index in [1.54, 1.807) is 18.3 Å². The number of hydrogen-bond acceptors (Lipinski definition) is 7. The van der Waals surface area contributed by atoms with E-state index in [4.69, 9.17) is 17.2 Å². The number of phenolic OH excluding ortho intramolecular Hbond substituents is 1. The van der Waals surface area contributed by atoms with Crippen molar-refractivity contribution in [3.05, 3.63) is 65.9 Å². The Balaban J connectivity index is 1.79. The molecule has 14 heteroatoms. The van der Waals surface area contributed by atoms with Crippen LogP contribution in [0.1, 0.15) is 44.2 Å². The van der Waals surface area contributed by atoms with Crippen molar-refractivity contribution in [3.63, 3.8) is 0 Å². The van der Waals surface area contributed by atoms with Crippen molar-refractivity contribution in [2.45, 2.75) is 70.1 Å². The number of nitrogens with two attached hydrogens (primary N) is 3. The molecule has 2 aromatic carbocycles. The third-order valence-corrected chi connectivity index (χ3v) is 7.37. The number of guanidine groups is 1. The van der Waals surface area contributed by atoms with Crippen molar-refractivity contribution in [1.82, 2.24) is 20.9 Å². The Bertz CT molecular complexity index is 1520. The van der Waals surface area contributed by atoms with E-state index in [0.29, 0.717) is 18.5 Å². The normalized spacial score (nSPS) is 13.7. The molecule has 4 atom stereocenters. The Morgan fingerprint density at radius 1 is 0.870 bits per heavy atom. The predicted molar refractivity (Wildman–Crippen MR) is 175 cm³/mol. The van der Waals surface area contributed by atoms with Crippen LogP contribution in [-0.4, -0.2) is 75.6 Å². The van der Waals surface area contributed by atoms with E-state index in [9.17, 15) is 29.4 Å². The fourth-order valence-corrected chi connectivity index (χ4v) is 4.97. The summed E-state index contributed by atoms with van der Waals surface area (Å²) < 4.78 is 0. The minimum absolute atomic E-state index is 0.0283. The number of aliphatic imine (C=N–C) groups is 1. The van der Waals surface area contributed by atoms with E-state index >= 15 is 0 Å². The van der Waals surface area contributed by atoms with Gasteiger partial charge < -0.3 is 48.3 Å². The molecule has 3 rings (SSSR count). The molecule has 0 aliphatic carbocycles. The van der Waals surface area contributed by atoms with E-state index < -0.39 is 47.9 Å². The minimum Gasteiger partial charge on any atom is -0.508 e. The zero-order valence-electron chi connectivity index (χ0n) is 26.0. The standard InChI is InChI=1S/C32H44N8O6/c1-18(2)14-25(29(43)40-27(31(45)46)15-19-9-11-21(41)12-10-19)39-30(44)26(16-20-17-37-24-8-4-3-6-22(20)24)38-28(42)23(33)7-5-13-36-32(34)35/h3-4,6,8-12,17-18,23,25-27,37,41H,5,7,13-16,33H2,1-2H3,(H,38,42)(H,39,44)(H,40,43)(H,45,46)(H4,34,35,36). The number of phenols is 1. The Kier molecular flexibility index (Phi) is 12.9. The minimum atomic E-state index is -1.29. The monoisotopic (exact) mass is 636 g/mol. The van der Waals surface area contributed by atoms with Crippen molar-refractivity contribution in [2.75, 3.05) is 6.54 Å². The number of aliphatic carboxylic acids is 1. The molecule has 14 nitrogen and oxygen atoms in total. The van der Waals surface area contributed by atoms with Crippen molar-refractivity contribution in [3.8, 4) is 5.75 Å². The number of carbonyl (C=O) groups excluding carboxylic acids is 3. The highest BCUT2D eigenvalue weighted by atomic mass is 16.4. The molecule has 1 aromatic heterocycles. The quantitative estimate of drug-likeness (QED) is 0.0571. The highest BCUT2D eigenvalue weighted by Gasteiger charge is 2.31. The van der Waals surface area contributed by atoms with Crippen LogP contribution in [0.2, 0.25) is 0 Å². The molecular weight excluding hydrogens is 592 g/mol. The summed E-state index contributed by atoms with van der Waals surface area (Å²) in [4.78, 5) is 59.4. The van der Waals surface area contributed by atoms with Crippen LogP contribution in [0.5, 0.6) is 5.75 Å². The van der Waals surface area contributed by atoms with Gasteiger partial charge in [0.2, 0.25) is 17.7 Å². The van der Waals surface area contributed by atoms with Gasteiger partial charge in [-0.2, -0.15) is 0 Å². The molecule has 1 heterocycles. The molecule has 0 fully saturated rings. The molecule has 0 saturated heterocycles. The van der Waals surface area contributed by atoms with Gasteiger partial charge in [0.1, 0.15) is 23.9 Å². The topological polar surface area (TPSA) is 251 Å². The molecule has 46 heavy (non-hydrogen) atoms. The Morgan fingerprint density at radius 2 is 1.50 bits per heavy atom.